The van der Waals surface area contributed by atoms with E-state index in [4.69, 9.17) is 0 Å². The number of carbonyl (C=O) groups excluding carboxylic acids is 2. The Balaban J connectivity index is 1.36. The van der Waals surface area contributed by atoms with Crippen molar-refractivity contribution in [3.05, 3.63) is 156 Å². The maximum absolute atomic E-state index is 14.0. The van der Waals surface area contributed by atoms with Gasteiger partial charge in [-0.2, -0.15) is 0 Å². The molecule has 4 aromatic carbocycles. The lowest BCUT2D eigenvalue weighted by Crippen LogP contribution is -2.44. The molecule has 0 saturated carbocycles. The van der Waals surface area contributed by atoms with Crippen LogP contribution in [0.5, 0.6) is 0 Å². The average Bonchev–Trinajstić information content (AvgIpc) is 3.47. The smallest absolute Gasteiger partial charge is 0.254 e. The molecule has 0 saturated heterocycles. The van der Waals surface area contributed by atoms with Crippen molar-refractivity contribution in [3.8, 4) is 11.1 Å². The van der Waals surface area contributed by atoms with Crippen LogP contribution in [0.1, 0.15) is 41.0 Å². The molecule has 0 radical (unpaired) electrons. The lowest BCUT2D eigenvalue weighted by Gasteiger charge is -2.29. The van der Waals surface area contributed by atoms with Crippen molar-refractivity contribution in [1.29, 1.82) is 0 Å². The van der Waals surface area contributed by atoms with Gasteiger partial charge in [0.25, 0.3) is 5.91 Å². The lowest BCUT2D eigenvalue weighted by molar-refractivity contribution is -0.133. The Morgan fingerprint density at radius 3 is 1.84 bits per heavy atom. The van der Waals surface area contributed by atoms with Gasteiger partial charge in [-0.05, 0) is 52.4 Å². The largest absolute Gasteiger partial charge is 0.345 e. The van der Waals surface area contributed by atoms with E-state index in [0.29, 0.717) is 25.2 Å². The van der Waals surface area contributed by atoms with Crippen LogP contribution in [0.3, 0.4) is 0 Å². The molecule has 0 N–H and O–H groups in total. The first-order chi connectivity index (χ1) is 21.0. The summed E-state index contributed by atoms with van der Waals surface area (Å²) in [6.07, 6.45) is 2.06. The molecule has 0 fully saturated rings. The second-order valence-electron chi connectivity index (χ2n) is 11.4. The molecule has 1 aromatic heterocycles. The Morgan fingerprint density at radius 1 is 0.628 bits per heavy atom. The van der Waals surface area contributed by atoms with Gasteiger partial charge >= 0.3 is 0 Å². The lowest BCUT2D eigenvalue weighted by atomic mass is 10.0. The highest BCUT2D eigenvalue weighted by molar-refractivity contribution is 5.97. The van der Waals surface area contributed by atoms with Gasteiger partial charge in [-0.25, -0.2) is 0 Å². The predicted octanol–water partition coefficient (Wildman–Crippen LogP) is 7.53. The van der Waals surface area contributed by atoms with E-state index in [9.17, 15) is 9.59 Å². The van der Waals surface area contributed by atoms with Crippen molar-refractivity contribution in [2.24, 2.45) is 5.92 Å². The van der Waals surface area contributed by atoms with Gasteiger partial charge in [-0.3, -0.25) is 9.59 Å². The molecule has 5 rings (SSSR count). The molecule has 0 bridgehead atoms. The van der Waals surface area contributed by atoms with E-state index >= 15 is 0 Å². The minimum atomic E-state index is -0.131. The summed E-state index contributed by atoms with van der Waals surface area (Å²) in [5, 5.41) is 0. The van der Waals surface area contributed by atoms with Gasteiger partial charge < -0.3 is 14.4 Å². The first kappa shape index (κ1) is 29.6. The first-order valence-corrected chi connectivity index (χ1v) is 14.9. The Labute approximate surface area is 255 Å². The highest BCUT2D eigenvalue weighted by atomic mass is 16.2. The number of nitrogens with zero attached hydrogens (tertiary/aromatic N) is 3. The van der Waals surface area contributed by atoms with Gasteiger partial charge in [-0.15, -0.1) is 0 Å². The van der Waals surface area contributed by atoms with E-state index in [1.807, 2.05) is 102 Å². The highest BCUT2D eigenvalue weighted by Crippen LogP contribution is 2.21. The Bertz CT molecular complexity index is 1590. The molecular formula is C38H39N3O2. The van der Waals surface area contributed by atoms with Crippen molar-refractivity contribution in [1.82, 2.24) is 14.4 Å². The molecule has 0 atom stereocenters. The maximum atomic E-state index is 14.0. The van der Waals surface area contributed by atoms with Crippen LogP contribution in [-0.2, 0) is 24.4 Å². The number of hydrogen-bond donors (Lipinski definition) is 0. The van der Waals surface area contributed by atoms with Crippen LogP contribution >= 0.6 is 0 Å². The topological polar surface area (TPSA) is 45.6 Å². The molecule has 0 aliphatic heterocycles. The van der Waals surface area contributed by atoms with Gasteiger partial charge in [0.1, 0.15) is 6.54 Å². The third-order valence-electron chi connectivity index (χ3n) is 7.48. The number of amides is 2. The molecule has 218 valence electrons. The minimum absolute atomic E-state index is 0.0175. The molecule has 0 aliphatic rings. The van der Waals surface area contributed by atoms with Crippen LogP contribution < -0.4 is 0 Å². The van der Waals surface area contributed by atoms with Gasteiger partial charge in [0.05, 0.1) is 6.54 Å². The van der Waals surface area contributed by atoms with E-state index in [0.717, 1.165) is 28.9 Å². The summed E-state index contributed by atoms with van der Waals surface area (Å²) < 4.78 is 2.19. The first-order valence-electron chi connectivity index (χ1n) is 14.9. The molecule has 0 unspecified atom stereocenters. The molecule has 0 spiro atoms. The summed E-state index contributed by atoms with van der Waals surface area (Å²) in [6.45, 7) is 6.30. The van der Waals surface area contributed by atoms with Crippen LogP contribution in [0.15, 0.2) is 134 Å². The zero-order valence-corrected chi connectivity index (χ0v) is 25.0. The van der Waals surface area contributed by atoms with E-state index in [2.05, 4.69) is 54.9 Å². The number of hydrogen-bond acceptors (Lipinski definition) is 2. The van der Waals surface area contributed by atoms with Crippen molar-refractivity contribution >= 4 is 11.8 Å². The van der Waals surface area contributed by atoms with Crippen molar-refractivity contribution in [2.75, 3.05) is 13.1 Å². The standard InChI is InChI=1S/C38H39N3O2/c1-30(2)25-41(38(43)35-22-20-34(21-23-35)33-17-10-5-11-18-33)29-37(42)40(27-32-15-8-4-9-16-32)28-36-19-12-24-39(36)26-31-13-6-3-7-14-31/h3-24,30H,25-29H2,1-2H3. The molecule has 0 aliphatic carbocycles. The molecule has 5 heteroatoms. The van der Waals surface area contributed by atoms with Crippen molar-refractivity contribution in [2.45, 2.75) is 33.5 Å². The molecule has 5 aromatic rings. The van der Waals surface area contributed by atoms with Crippen LogP contribution in [0.2, 0.25) is 0 Å². The molecule has 2 amide bonds. The Morgan fingerprint density at radius 2 is 1.21 bits per heavy atom. The van der Waals surface area contributed by atoms with Gasteiger partial charge in [0.2, 0.25) is 5.91 Å². The van der Waals surface area contributed by atoms with Crippen molar-refractivity contribution in [3.63, 3.8) is 0 Å². The van der Waals surface area contributed by atoms with E-state index in [1.165, 1.54) is 5.56 Å². The van der Waals surface area contributed by atoms with Crippen LogP contribution in [0.4, 0.5) is 0 Å². The highest BCUT2D eigenvalue weighted by Gasteiger charge is 2.24. The van der Waals surface area contributed by atoms with Crippen molar-refractivity contribution < 1.29 is 9.59 Å². The summed E-state index contributed by atoms with van der Waals surface area (Å²) in [5.41, 5.74) is 6.04. The van der Waals surface area contributed by atoms with Gasteiger partial charge in [0, 0.05) is 37.1 Å². The Hall–Kier alpha value is -4.90. The monoisotopic (exact) mass is 569 g/mol. The molecule has 43 heavy (non-hydrogen) atoms. The Kier molecular flexibility index (Phi) is 9.86. The normalized spacial score (nSPS) is 11.0. The van der Waals surface area contributed by atoms with Gasteiger partial charge in [0.15, 0.2) is 0 Å². The van der Waals surface area contributed by atoms with E-state index < -0.39 is 0 Å². The zero-order chi connectivity index (χ0) is 30.0. The number of carbonyl (C=O) groups is 2. The third kappa shape index (κ3) is 8.10. The van der Waals surface area contributed by atoms with Crippen LogP contribution in [0.25, 0.3) is 11.1 Å². The quantitative estimate of drug-likeness (QED) is 0.156. The van der Waals surface area contributed by atoms with Crippen LogP contribution in [-0.4, -0.2) is 39.3 Å². The average molecular weight is 570 g/mol. The fourth-order valence-corrected chi connectivity index (χ4v) is 5.30. The predicted molar refractivity (Wildman–Crippen MR) is 173 cm³/mol. The maximum Gasteiger partial charge on any atom is 0.254 e. The number of benzene rings is 4. The molecule has 5 nitrogen and oxygen atoms in total. The summed E-state index contributed by atoms with van der Waals surface area (Å²) in [4.78, 5) is 31.4. The summed E-state index contributed by atoms with van der Waals surface area (Å²) in [6, 6.07) is 42.2. The summed E-state index contributed by atoms with van der Waals surface area (Å²) in [5.74, 6) is 0.00557. The second kappa shape index (κ2) is 14.3. The number of aromatic nitrogens is 1. The molecule has 1 heterocycles. The molecular weight excluding hydrogens is 530 g/mol. The minimum Gasteiger partial charge on any atom is -0.345 e. The fourth-order valence-electron chi connectivity index (χ4n) is 5.30. The zero-order valence-electron chi connectivity index (χ0n) is 25.0. The fraction of sp³-hybridized carbons (Fsp3) is 0.211. The SMILES string of the molecule is CC(C)CN(CC(=O)N(Cc1ccccc1)Cc1cccn1Cc1ccccc1)C(=O)c1ccc(-c2ccccc2)cc1. The summed E-state index contributed by atoms with van der Waals surface area (Å²) in [7, 11) is 0. The summed E-state index contributed by atoms with van der Waals surface area (Å²) >= 11 is 0. The second-order valence-corrected chi connectivity index (χ2v) is 11.4. The van der Waals surface area contributed by atoms with E-state index in [1.54, 1.807) is 4.90 Å². The van der Waals surface area contributed by atoms with E-state index in [-0.39, 0.29) is 24.3 Å². The van der Waals surface area contributed by atoms with Crippen LogP contribution in [0, 0.1) is 5.92 Å². The third-order valence-corrected chi connectivity index (χ3v) is 7.48. The number of rotatable bonds is 12. The van der Waals surface area contributed by atoms with Gasteiger partial charge in [-0.1, -0.05) is 117 Å².